The maximum Gasteiger partial charge on any atom is 0.306 e. The number of hydrogen-bond acceptors (Lipinski definition) is 8. The molecule has 0 radical (unpaired) electrons. The molecule has 0 bridgehead atoms. The van der Waals surface area contributed by atoms with Crippen LogP contribution >= 0.6 is 7.82 Å². The highest BCUT2D eigenvalue weighted by atomic mass is 31.2. The van der Waals surface area contributed by atoms with Crippen LogP contribution in [0.3, 0.4) is 0 Å². The lowest BCUT2D eigenvalue weighted by Gasteiger charge is -2.28. The molecular formula is C70H134NO8P. The second-order valence-electron chi connectivity index (χ2n) is 24.9. The number of rotatable bonds is 65. The Morgan fingerprint density at radius 1 is 0.388 bits per heavy atom. The SMILES string of the molecule is CCCCCCC/C=C\C/C=C\CCCCCCCCCCCCCCCCCCCCCCCCCCCC(=O)OC(COC(=O)CCCCCCCCCCC/C=C\CCCCCCCC)COP(=O)([O-])OCC[N+](C)(C)C. The third-order valence-electron chi connectivity index (χ3n) is 15.6. The van der Waals surface area contributed by atoms with Crippen LogP contribution in [0.4, 0.5) is 0 Å². The number of phosphoric acid groups is 1. The van der Waals surface area contributed by atoms with Gasteiger partial charge < -0.3 is 27.9 Å². The van der Waals surface area contributed by atoms with Gasteiger partial charge in [-0.15, -0.1) is 0 Å². The molecule has 0 aromatic heterocycles. The number of phosphoric ester groups is 1. The van der Waals surface area contributed by atoms with Gasteiger partial charge in [-0.2, -0.15) is 0 Å². The fourth-order valence-corrected chi connectivity index (χ4v) is 11.0. The number of likely N-dealkylation sites (N-methyl/N-ethyl adjacent to an activating group) is 1. The number of allylic oxidation sites excluding steroid dienone is 6. The number of nitrogens with zero attached hydrogens (tertiary/aromatic N) is 1. The summed E-state index contributed by atoms with van der Waals surface area (Å²) in [4.78, 5) is 38.0. The summed E-state index contributed by atoms with van der Waals surface area (Å²) in [6, 6.07) is 0. The topological polar surface area (TPSA) is 111 Å². The Morgan fingerprint density at radius 3 is 1.00 bits per heavy atom. The summed E-state index contributed by atoms with van der Waals surface area (Å²) in [6.07, 6.45) is 78.1. The minimum absolute atomic E-state index is 0.0284. The van der Waals surface area contributed by atoms with Gasteiger partial charge in [0.05, 0.1) is 27.7 Å². The Kier molecular flexibility index (Phi) is 60.4. The Hall–Kier alpha value is -1.77. The number of carbonyl (C=O) groups excluding carboxylic acids is 2. The van der Waals surface area contributed by atoms with Gasteiger partial charge in [0.1, 0.15) is 19.8 Å². The van der Waals surface area contributed by atoms with Gasteiger partial charge in [0.2, 0.25) is 0 Å². The molecule has 0 aliphatic heterocycles. The van der Waals surface area contributed by atoms with E-state index in [-0.39, 0.29) is 32.0 Å². The smallest absolute Gasteiger partial charge is 0.306 e. The number of unbranched alkanes of at least 4 members (excludes halogenated alkanes) is 45. The van der Waals surface area contributed by atoms with Crippen LogP contribution in [-0.2, 0) is 32.7 Å². The molecule has 0 aromatic carbocycles. The van der Waals surface area contributed by atoms with Crippen LogP contribution in [0.15, 0.2) is 36.5 Å². The monoisotopic (exact) mass is 1150 g/mol. The van der Waals surface area contributed by atoms with E-state index in [1.165, 1.54) is 276 Å². The van der Waals surface area contributed by atoms with Gasteiger partial charge in [-0.25, -0.2) is 0 Å². The largest absolute Gasteiger partial charge is 0.756 e. The zero-order valence-corrected chi connectivity index (χ0v) is 54.7. The molecule has 0 aliphatic carbocycles. The Morgan fingerprint density at radius 2 is 0.675 bits per heavy atom. The normalized spacial score (nSPS) is 13.3. The molecule has 0 fully saturated rings. The lowest BCUT2D eigenvalue weighted by Crippen LogP contribution is -2.37. The molecule has 0 amide bonds. The summed E-state index contributed by atoms with van der Waals surface area (Å²) in [5, 5.41) is 0. The van der Waals surface area contributed by atoms with Crippen LogP contribution in [-0.4, -0.2) is 70.0 Å². The molecule has 0 saturated heterocycles. The molecule has 0 rings (SSSR count). The van der Waals surface area contributed by atoms with E-state index < -0.39 is 26.5 Å². The molecule has 0 heterocycles. The third-order valence-corrected chi connectivity index (χ3v) is 16.6. The number of hydrogen-bond donors (Lipinski definition) is 0. The second-order valence-corrected chi connectivity index (χ2v) is 26.3. The molecule has 0 spiro atoms. The van der Waals surface area contributed by atoms with Gasteiger partial charge in [-0.3, -0.25) is 14.2 Å². The molecule has 10 heteroatoms. The van der Waals surface area contributed by atoms with Crippen molar-refractivity contribution in [1.29, 1.82) is 0 Å². The average molecular weight is 1150 g/mol. The van der Waals surface area contributed by atoms with E-state index in [1.807, 2.05) is 21.1 Å². The van der Waals surface area contributed by atoms with Crippen molar-refractivity contribution in [2.45, 2.75) is 354 Å². The highest BCUT2D eigenvalue weighted by Crippen LogP contribution is 2.38. The second kappa shape index (κ2) is 61.8. The van der Waals surface area contributed by atoms with Crippen LogP contribution in [0, 0.1) is 0 Å². The lowest BCUT2D eigenvalue weighted by atomic mass is 10.0. The van der Waals surface area contributed by atoms with E-state index in [0.717, 1.165) is 38.5 Å². The van der Waals surface area contributed by atoms with Gasteiger partial charge in [-0.1, -0.05) is 301 Å². The standard InChI is InChI=1S/C70H134NO8P/c1-6-8-10-12-14-16-18-20-22-24-26-27-28-29-30-31-32-33-34-35-36-37-38-39-40-41-42-43-45-47-49-51-53-55-57-59-61-63-70(73)79-68(67-78-80(74,75)77-65-64-71(3,4)5)66-76-69(72)62-60-58-56-54-52-50-48-46-44-25-23-21-19-17-15-13-11-9-7-2/h18,20-21,23-24,26,68H,6-17,19,22,25,27-67H2,1-5H3/b20-18-,23-21-,26-24-. The zero-order chi connectivity index (χ0) is 58.4. The quantitative estimate of drug-likeness (QED) is 0.0195. The van der Waals surface area contributed by atoms with Crippen molar-refractivity contribution in [3.05, 3.63) is 36.5 Å². The zero-order valence-electron chi connectivity index (χ0n) is 53.8. The summed E-state index contributed by atoms with van der Waals surface area (Å²) in [6.45, 7) is 4.28. The summed E-state index contributed by atoms with van der Waals surface area (Å²) < 4.78 is 34.3. The molecule has 0 aliphatic rings. The van der Waals surface area contributed by atoms with E-state index in [2.05, 4.69) is 50.3 Å². The molecule has 80 heavy (non-hydrogen) atoms. The summed E-state index contributed by atoms with van der Waals surface area (Å²) in [5.74, 6) is -0.817. The van der Waals surface area contributed by atoms with Crippen molar-refractivity contribution in [2.24, 2.45) is 0 Å². The first-order valence-corrected chi connectivity index (χ1v) is 36.2. The molecule has 0 N–H and O–H groups in total. The van der Waals surface area contributed by atoms with Crippen molar-refractivity contribution < 1.29 is 42.1 Å². The maximum absolute atomic E-state index is 12.8. The van der Waals surface area contributed by atoms with Crippen molar-refractivity contribution in [2.75, 3.05) is 47.5 Å². The Labute approximate surface area is 497 Å². The molecule has 2 unspecified atom stereocenters. The summed E-state index contributed by atoms with van der Waals surface area (Å²) >= 11 is 0. The number of carbonyl (C=O) groups is 2. The van der Waals surface area contributed by atoms with Crippen LogP contribution in [0.2, 0.25) is 0 Å². The fraction of sp³-hybridized carbons (Fsp3) is 0.886. The molecule has 472 valence electrons. The van der Waals surface area contributed by atoms with Crippen LogP contribution in [0.5, 0.6) is 0 Å². The van der Waals surface area contributed by atoms with E-state index in [0.29, 0.717) is 17.4 Å². The Bertz CT molecular complexity index is 1440. The summed E-state index contributed by atoms with van der Waals surface area (Å²) in [7, 11) is 1.18. The molecular weight excluding hydrogens is 1010 g/mol. The van der Waals surface area contributed by atoms with E-state index in [9.17, 15) is 19.0 Å². The highest BCUT2D eigenvalue weighted by Gasteiger charge is 2.22. The first-order valence-electron chi connectivity index (χ1n) is 34.7. The fourth-order valence-electron chi connectivity index (χ4n) is 10.3. The number of esters is 2. The van der Waals surface area contributed by atoms with Gasteiger partial charge in [0, 0.05) is 12.8 Å². The van der Waals surface area contributed by atoms with E-state index in [1.54, 1.807) is 0 Å². The molecule has 0 saturated carbocycles. The summed E-state index contributed by atoms with van der Waals surface area (Å²) in [5.41, 5.74) is 0. The van der Waals surface area contributed by atoms with Crippen LogP contribution in [0.1, 0.15) is 348 Å². The maximum atomic E-state index is 12.8. The average Bonchev–Trinajstić information content (AvgIpc) is 3.42. The van der Waals surface area contributed by atoms with Crippen LogP contribution < -0.4 is 4.89 Å². The third kappa shape index (κ3) is 65.4. The minimum Gasteiger partial charge on any atom is -0.756 e. The van der Waals surface area contributed by atoms with Crippen LogP contribution in [0.25, 0.3) is 0 Å². The first kappa shape index (κ1) is 78.2. The van der Waals surface area contributed by atoms with E-state index >= 15 is 0 Å². The molecule has 0 aromatic rings. The van der Waals surface area contributed by atoms with Gasteiger partial charge in [0.15, 0.2) is 6.10 Å². The van der Waals surface area contributed by atoms with Gasteiger partial charge >= 0.3 is 11.9 Å². The molecule has 9 nitrogen and oxygen atoms in total. The lowest BCUT2D eigenvalue weighted by molar-refractivity contribution is -0.870. The minimum atomic E-state index is -4.64. The van der Waals surface area contributed by atoms with Gasteiger partial charge in [-0.05, 0) is 70.6 Å². The number of quaternary nitrogens is 1. The van der Waals surface area contributed by atoms with E-state index in [4.69, 9.17) is 18.5 Å². The van der Waals surface area contributed by atoms with Crippen molar-refractivity contribution >= 4 is 19.8 Å². The number of ether oxygens (including phenoxy) is 2. The van der Waals surface area contributed by atoms with Crippen molar-refractivity contribution in [3.8, 4) is 0 Å². The van der Waals surface area contributed by atoms with Crippen molar-refractivity contribution in [3.63, 3.8) is 0 Å². The Balaban J connectivity index is 3.93. The first-order chi connectivity index (χ1) is 39.0. The molecule has 2 atom stereocenters. The highest BCUT2D eigenvalue weighted by molar-refractivity contribution is 7.45. The van der Waals surface area contributed by atoms with Gasteiger partial charge in [0.25, 0.3) is 7.82 Å². The van der Waals surface area contributed by atoms with Crippen molar-refractivity contribution in [1.82, 2.24) is 0 Å². The predicted molar refractivity (Wildman–Crippen MR) is 342 cm³/mol. The predicted octanol–water partition coefficient (Wildman–Crippen LogP) is 21.6.